The van der Waals surface area contributed by atoms with Crippen molar-refractivity contribution in [3.63, 3.8) is 0 Å². The Labute approximate surface area is 108 Å². The molecule has 2 atom stereocenters. The van der Waals surface area contributed by atoms with Gasteiger partial charge in [0.05, 0.1) is 7.11 Å². The van der Waals surface area contributed by atoms with E-state index in [0.29, 0.717) is 0 Å². The second-order valence-corrected chi connectivity index (χ2v) is 4.73. The number of aromatic hydroxyl groups is 1. The highest BCUT2D eigenvalue weighted by Crippen LogP contribution is 2.19. The van der Waals surface area contributed by atoms with Crippen LogP contribution in [0.4, 0.5) is 0 Å². The molecule has 1 aromatic rings. The van der Waals surface area contributed by atoms with Crippen LogP contribution in [0.1, 0.15) is 32.4 Å². The predicted octanol–water partition coefficient (Wildman–Crippen LogP) is 2.24. The molecular formula is C14H21NO3. The zero-order chi connectivity index (χ0) is 13.7. The Hall–Kier alpha value is -1.55. The van der Waals surface area contributed by atoms with Gasteiger partial charge in [-0.05, 0) is 30.5 Å². The summed E-state index contributed by atoms with van der Waals surface area (Å²) in [5.41, 5.74) is 0.935. The van der Waals surface area contributed by atoms with Gasteiger partial charge in [-0.1, -0.05) is 26.0 Å². The summed E-state index contributed by atoms with van der Waals surface area (Å²) in [5.74, 6) is 0.0922. The highest BCUT2D eigenvalue weighted by Gasteiger charge is 2.24. The summed E-state index contributed by atoms with van der Waals surface area (Å²) >= 11 is 0. The van der Waals surface area contributed by atoms with Gasteiger partial charge < -0.3 is 9.84 Å². The number of hydrogen-bond acceptors (Lipinski definition) is 4. The summed E-state index contributed by atoms with van der Waals surface area (Å²) < 4.78 is 4.78. The molecule has 100 valence electrons. The van der Waals surface area contributed by atoms with Crippen LogP contribution < -0.4 is 5.32 Å². The molecule has 4 nitrogen and oxygen atoms in total. The maximum atomic E-state index is 11.7. The molecule has 0 aromatic heterocycles. The fourth-order valence-corrected chi connectivity index (χ4v) is 1.82. The minimum Gasteiger partial charge on any atom is -0.508 e. The molecule has 0 fully saturated rings. The Morgan fingerprint density at radius 2 is 2.00 bits per heavy atom. The van der Waals surface area contributed by atoms with E-state index in [1.807, 2.05) is 26.8 Å². The van der Waals surface area contributed by atoms with Gasteiger partial charge in [0.25, 0.3) is 0 Å². The molecule has 0 aliphatic carbocycles. The lowest BCUT2D eigenvalue weighted by Crippen LogP contribution is -2.42. The first-order valence-electron chi connectivity index (χ1n) is 6.08. The molecule has 0 heterocycles. The minimum absolute atomic E-state index is 0.0383. The van der Waals surface area contributed by atoms with Crippen molar-refractivity contribution in [2.45, 2.75) is 32.9 Å². The molecule has 0 amide bonds. The Bertz CT molecular complexity index is 404. The summed E-state index contributed by atoms with van der Waals surface area (Å²) in [6.07, 6.45) is 0. The molecular weight excluding hydrogens is 230 g/mol. The van der Waals surface area contributed by atoms with E-state index in [0.717, 1.165) is 5.56 Å². The molecule has 0 spiro atoms. The molecule has 4 heteroatoms. The minimum atomic E-state index is -0.354. The van der Waals surface area contributed by atoms with Crippen molar-refractivity contribution in [1.29, 1.82) is 0 Å². The van der Waals surface area contributed by atoms with Crippen molar-refractivity contribution in [2.75, 3.05) is 7.11 Å². The number of esters is 1. The molecule has 18 heavy (non-hydrogen) atoms. The van der Waals surface area contributed by atoms with Gasteiger partial charge in [-0.15, -0.1) is 0 Å². The van der Waals surface area contributed by atoms with Crippen LogP contribution in [0.3, 0.4) is 0 Å². The van der Waals surface area contributed by atoms with Gasteiger partial charge in [0.2, 0.25) is 0 Å². The number of benzene rings is 1. The summed E-state index contributed by atoms with van der Waals surface area (Å²) in [6.45, 7) is 5.88. The topological polar surface area (TPSA) is 58.6 Å². The van der Waals surface area contributed by atoms with E-state index in [1.165, 1.54) is 7.11 Å². The van der Waals surface area contributed by atoms with E-state index in [1.54, 1.807) is 18.2 Å². The van der Waals surface area contributed by atoms with E-state index in [-0.39, 0.29) is 29.7 Å². The molecule has 0 saturated heterocycles. The summed E-state index contributed by atoms with van der Waals surface area (Å²) in [4.78, 5) is 11.7. The Morgan fingerprint density at radius 3 is 2.50 bits per heavy atom. The lowest BCUT2D eigenvalue weighted by atomic mass is 10.0. The quantitative estimate of drug-likeness (QED) is 0.788. The maximum Gasteiger partial charge on any atom is 0.323 e. The van der Waals surface area contributed by atoms with E-state index in [9.17, 15) is 9.90 Å². The first-order valence-corrected chi connectivity index (χ1v) is 6.08. The Kier molecular flexibility index (Phi) is 5.16. The summed E-state index contributed by atoms with van der Waals surface area (Å²) in [6, 6.07) is 6.61. The predicted molar refractivity (Wildman–Crippen MR) is 70.3 cm³/mol. The number of nitrogens with one attached hydrogen (secondary N) is 1. The van der Waals surface area contributed by atoms with E-state index >= 15 is 0 Å². The molecule has 1 rings (SSSR count). The van der Waals surface area contributed by atoms with Crippen LogP contribution in [0.25, 0.3) is 0 Å². The number of methoxy groups -OCH3 is 1. The lowest BCUT2D eigenvalue weighted by Gasteiger charge is -2.24. The Morgan fingerprint density at radius 1 is 1.33 bits per heavy atom. The molecule has 1 unspecified atom stereocenters. The molecule has 1 aromatic carbocycles. The highest BCUT2D eigenvalue weighted by molar-refractivity contribution is 5.76. The zero-order valence-electron chi connectivity index (χ0n) is 11.3. The fraction of sp³-hybridized carbons (Fsp3) is 0.500. The zero-order valence-corrected chi connectivity index (χ0v) is 11.3. The molecule has 0 radical (unpaired) electrons. The molecule has 0 bridgehead atoms. The SMILES string of the molecule is COC(=O)[C@H](NC(C)c1cccc(O)c1)C(C)C. The fourth-order valence-electron chi connectivity index (χ4n) is 1.82. The van der Waals surface area contributed by atoms with Gasteiger partial charge >= 0.3 is 5.97 Å². The smallest absolute Gasteiger partial charge is 0.323 e. The van der Waals surface area contributed by atoms with Crippen molar-refractivity contribution in [3.8, 4) is 5.75 Å². The van der Waals surface area contributed by atoms with Crippen molar-refractivity contribution >= 4 is 5.97 Å². The average molecular weight is 251 g/mol. The van der Waals surface area contributed by atoms with Crippen molar-refractivity contribution in [3.05, 3.63) is 29.8 Å². The third kappa shape index (κ3) is 3.74. The van der Waals surface area contributed by atoms with Gasteiger partial charge in [-0.25, -0.2) is 0 Å². The van der Waals surface area contributed by atoms with Gasteiger partial charge in [0, 0.05) is 6.04 Å². The summed E-state index contributed by atoms with van der Waals surface area (Å²) in [5, 5.41) is 12.7. The number of hydrogen-bond donors (Lipinski definition) is 2. The van der Waals surface area contributed by atoms with Crippen LogP contribution in [0.15, 0.2) is 24.3 Å². The largest absolute Gasteiger partial charge is 0.508 e. The van der Waals surface area contributed by atoms with Crippen LogP contribution in [-0.2, 0) is 9.53 Å². The van der Waals surface area contributed by atoms with Crippen LogP contribution in [-0.4, -0.2) is 24.2 Å². The van der Waals surface area contributed by atoms with Crippen LogP contribution >= 0.6 is 0 Å². The second kappa shape index (κ2) is 6.40. The van der Waals surface area contributed by atoms with Gasteiger partial charge in [0.1, 0.15) is 11.8 Å². The van der Waals surface area contributed by atoms with Crippen LogP contribution in [0.2, 0.25) is 0 Å². The molecule has 0 aliphatic heterocycles. The van der Waals surface area contributed by atoms with Crippen LogP contribution in [0.5, 0.6) is 5.75 Å². The van der Waals surface area contributed by atoms with Gasteiger partial charge in [-0.2, -0.15) is 0 Å². The molecule has 0 aliphatic rings. The van der Waals surface area contributed by atoms with Crippen LogP contribution in [0, 0.1) is 5.92 Å². The number of rotatable bonds is 5. The average Bonchev–Trinajstić information content (AvgIpc) is 2.34. The number of carbonyl (C=O) groups excluding carboxylic acids is 1. The third-order valence-corrected chi connectivity index (χ3v) is 2.92. The normalized spacial score (nSPS) is 14.3. The van der Waals surface area contributed by atoms with E-state index in [2.05, 4.69) is 5.32 Å². The first-order chi connectivity index (χ1) is 8.45. The number of phenolic OH excluding ortho intramolecular Hbond substituents is 1. The van der Waals surface area contributed by atoms with Gasteiger partial charge in [0.15, 0.2) is 0 Å². The second-order valence-electron chi connectivity index (χ2n) is 4.73. The number of ether oxygens (including phenoxy) is 1. The van der Waals surface area contributed by atoms with Crippen molar-refractivity contribution in [1.82, 2.24) is 5.32 Å². The molecule has 2 N–H and O–H groups in total. The maximum absolute atomic E-state index is 11.7. The molecule has 0 saturated carbocycles. The van der Waals surface area contributed by atoms with E-state index < -0.39 is 0 Å². The monoisotopic (exact) mass is 251 g/mol. The standard InChI is InChI=1S/C14H21NO3/c1-9(2)13(14(17)18-4)15-10(3)11-6-5-7-12(16)8-11/h5-10,13,15-16H,1-4H3/t10?,13-/m1/s1. The first kappa shape index (κ1) is 14.5. The number of carbonyl (C=O) groups is 1. The Balaban J connectivity index is 2.78. The van der Waals surface area contributed by atoms with Crippen molar-refractivity contribution < 1.29 is 14.6 Å². The lowest BCUT2D eigenvalue weighted by molar-refractivity contribution is -0.144. The highest BCUT2D eigenvalue weighted by atomic mass is 16.5. The van der Waals surface area contributed by atoms with E-state index in [4.69, 9.17) is 4.74 Å². The number of phenols is 1. The van der Waals surface area contributed by atoms with Gasteiger partial charge in [-0.3, -0.25) is 10.1 Å². The van der Waals surface area contributed by atoms with Crippen molar-refractivity contribution in [2.24, 2.45) is 5.92 Å². The summed E-state index contributed by atoms with van der Waals surface area (Å²) in [7, 11) is 1.39. The third-order valence-electron chi connectivity index (χ3n) is 2.92.